The summed E-state index contributed by atoms with van der Waals surface area (Å²) in [5, 5.41) is 4.82. The number of hydrogen-bond acceptors (Lipinski definition) is 1. The van der Waals surface area contributed by atoms with Gasteiger partial charge in [-0.15, -0.1) is 0 Å². The van der Waals surface area contributed by atoms with Crippen LogP contribution in [-0.2, 0) is 0 Å². The first-order chi connectivity index (χ1) is 10.5. The number of hydrogen-bond donors (Lipinski definition) is 0. The highest BCUT2D eigenvalue weighted by Crippen LogP contribution is 2.26. The molecule has 0 fully saturated rings. The van der Waals surface area contributed by atoms with Crippen molar-refractivity contribution in [3.8, 4) is 0 Å². The molecule has 0 saturated heterocycles. The molecule has 0 amide bonds. The van der Waals surface area contributed by atoms with Crippen molar-refractivity contribution < 1.29 is 4.52 Å². The lowest BCUT2D eigenvalue weighted by Crippen LogP contribution is -2.30. The quantitative estimate of drug-likeness (QED) is 0.342. The van der Waals surface area contributed by atoms with Gasteiger partial charge in [0.2, 0.25) is 0 Å². The van der Waals surface area contributed by atoms with Gasteiger partial charge in [-0.2, -0.15) is 0 Å². The van der Waals surface area contributed by atoms with E-state index in [0.29, 0.717) is 0 Å². The van der Waals surface area contributed by atoms with Crippen LogP contribution < -0.4 is 4.52 Å². The minimum Gasteiger partial charge on any atom is -0.292 e. The Balaban J connectivity index is 2.41. The lowest BCUT2D eigenvalue weighted by molar-refractivity contribution is -0.553. The van der Waals surface area contributed by atoms with E-state index in [1.165, 1.54) is 27.7 Å². The standard InChI is InChI=1S/C18H17BrN3/c1-10-7-15-17(8-11(10)2)22-16(9-12(3)13(4)20-22)14-5-6-18(19)21(14)15/h5-9H,1-4H3/q+1. The molecule has 3 aromatic heterocycles. The molecular weight excluding hydrogens is 338 g/mol. The first kappa shape index (κ1) is 13.7. The second-order valence-corrected chi connectivity index (χ2v) is 6.82. The van der Waals surface area contributed by atoms with Crippen molar-refractivity contribution in [1.82, 2.24) is 9.50 Å². The highest BCUT2D eigenvalue weighted by molar-refractivity contribution is 9.10. The summed E-state index contributed by atoms with van der Waals surface area (Å²) in [6, 6.07) is 10.9. The van der Waals surface area contributed by atoms with Gasteiger partial charge in [-0.05, 0) is 83.0 Å². The molecule has 110 valence electrons. The van der Waals surface area contributed by atoms with Crippen molar-refractivity contribution in [2.75, 3.05) is 0 Å². The fraction of sp³-hybridized carbons (Fsp3) is 0.222. The third-order valence-electron chi connectivity index (χ3n) is 4.56. The Morgan fingerprint density at radius 1 is 0.864 bits per heavy atom. The zero-order valence-electron chi connectivity index (χ0n) is 13.1. The second-order valence-electron chi connectivity index (χ2n) is 6.01. The highest BCUT2D eigenvalue weighted by Gasteiger charge is 2.21. The molecule has 0 aliphatic carbocycles. The number of benzene rings is 1. The maximum Gasteiger partial charge on any atom is 0.263 e. The number of halogens is 1. The molecule has 0 bridgehead atoms. The Labute approximate surface area is 137 Å². The Morgan fingerprint density at radius 3 is 2.27 bits per heavy atom. The summed E-state index contributed by atoms with van der Waals surface area (Å²) in [5.74, 6) is 0. The molecule has 3 nitrogen and oxygen atoms in total. The van der Waals surface area contributed by atoms with Crippen molar-refractivity contribution >= 4 is 38.0 Å². The van der Waals surface area contributed by atoms with Gasteiger partial charge in [-0.25, -0.2) is 0 Å². The van der Waals surface area contributed by atoms with E-state index in [1.54, 1.807) is 0 Å². The van der Waals surface area contributed by atoms with Gasteiger partial charge in [0.05, 0.1) is 4.60 Å². The van der Waals surface area contributed by atoms with Crippen molar-refractivity contribution in [2.45, 2.75) is 27.7 Å². The Hall–Kier alpha value is -1.94. The Bertz CT molecular complexity index is 1080. The molecule has 22 heavy (non-hydrogen) atoms. The van der Waals surface area contributed by atoms with Gasteiger partial charge in [-0.3, -0.25) is 4.40 Å². The predicted octanol–water partition coefficient (Wildman–Crippen LogP) is 4.22. The molecule has 0 aliphatic heterocycles. The Morgan fingerprint density at radius 2 is 1.50 bits per heavy atom. The number of rotatable bonds is 0. The van der Waals surface area contributed by atoms with Crippen LogP contribution in [0.2, 0.25) is 0 Å². The predicted molar refractivity (Wildman–Crippen MR) is 92.5 cm³/mol. The van der Waals surface area contributed by atoms with Gasteiger partial charge in [0.25, 0.3) is 11.0 Å². The number of aryl methyl sites for hydroxylation is 4. The van der Waals surface area contributed by atoms with Crippen LogP contribution in [0.25, 0.3) is 22.1 Å². The molecule has 4 aromatic rings. The van der Waals surface area contributed by atoms with Crippen molar-refractivity contribution in [2.24, 2.45) is 0 Å². The summed E-state index contributed by atoms with van der Waals surface area (Å²) in [7, 11) is 0. The lowest BCUT2D eigenvalue weighted by atomic mass is 10.1. The third kappa shape index (κ3) is 1.73. The van der Waals surface area contributed by atoms with Gasteiger partial charge in [0.15, 0.2) is 0 Å². The molecule has 0 atom stereocenters. The molecule has 0 radical (unpaired) electrons. The van der Waals surface area contributed by atoms with Gasteiger partial charge in [-0.1, -0.05) is 0 Å². The van der Waals surface area contributed by atoms with Crippen molar-refractivity contribution in [3.05, 3.63) is 57.3 Å². The van der Waals surface area contributed by atoms with Crippen LogP contribution in [0.5, 0.6) is 0 Å². The van der Waals surface area contributed by atoms with Crippen LogP contribution in [0.15, 0.2) is 34.9 Å². The fourth-order valence-electron chi connectivity index (χ4n) is 3.01. The van der Waals surface area contributed by atoms with E-state index in [0.717, 1.165) is 21.3 Å². The Kier molecular flexibility index (Phi) is 2.82. The SMILES string of the molecule is Cc1cc2c(cc1C)[n+]1nc(C)c(C)cc1c1ccc(Br)n21. The normalized spacial score (nSPS) is 11.9. The van der Waals surface area contributed by atoms with Crippen LogP contribution in [0, 0.1) is 27.7 Å². The zero-order valence-corrected chi connectivity index (χ0v) is 14.7. The maximum atomic E-state index is 4.82. The minimum atomic E-state index is 1.06. The first-order valence-electron chi connectivity index (χ1n) is 7.37. The molecule has 0 N–H and O–H groups in total. The van der Waals surface area contributed by atoms with Gasteiger partial charge in [0, 0.05) is 17.2 Å². The summed E-state index contributed by atoms with van der Waals surface area (Å²) in [5.41, 5.74) is 9.44. The molecule has 0 spiro atoms. The molecule has 0 saturated carbocycles. The average molecular weight is 355 g/mol. The van der Waals surface area contributed by atoms with Crippen LogP contribution in [0.4, 0.5) is 0 Å². The van der Waals surface area contributed by atoms with Crippen LogP contribution in [-0.4, -0.2) is 9.50 Å². The van der Waals surface area contributed by atoms with Crippen LogP contribution in [0.1, 0.15) is 22.4 Å². The molecule has 3 heterocycles. The summed E-state index contributed by atoms with van der Waals surface area (Å²) >= 11 is 3.68. The maximum absolute atomic E-state index is 4.82. The number of nitrogens with zero attached hydrogens (tertiary/aromatic N) is 3. The molecule has 4 rings (SSSR count). The summed E-state index contributed by atoms with van der Waals surface area (Å²) in [6.45, 7) is 8.48. The molecule has 4 heteroatoms. The molecular formula is C18H17BrN3+. The number of aromatic nitrogens is 3. The average Bonchev–Trinajstić information content (AvgIpc) is 2.85. The molecule has 1 aromatic carbocycles. The highest BCUT2D eigenvalue weighted by atomic mass is 79.9. The van der Waals surface area contributed by atoms with E-state index in [1.807, 2.05) is 0 Å². The van der Waals surface area contributed by atoms with E-state index in [4.69, 9.17) is 5.10 Å². The van der Waals surface area contributed by atoms with E-state index in [2.05, 4.69) is 82.9 Å². The third-order valence-corrected chi connectivity index (χ3v) is 5.18. The van der Waals surface area contributed by atoms with E-state index >= 15 is 0 Å². The first-order valence-corrected chi connectivity index (χ1v) is 8.17. The minimum absolute atomic E-state index is 1.06. The number of fused-ring (bicyclic) bond motifs is 6. The smallest absolute Gasteiger partial charge is 0.263 e. The van der Waals surface area contributed by atoms with Gasteiger partial charge < -0.3 is 0 Å². The van der Waals surface area contributed by atoms with Crippen LogP contribution >= 0.6 is 15.9 Å². The molecule has 0 unspecified atom stereocenters. The topological polar surface area (TPSA) is 21.4 Å². The summed E-state index contributed by atoms with van der Waals surface area (Å²) < 4.78 is 5.40. The van der Waals surface area contributed by atoms with E-state index in [-0.39, 0.29) is 0 Å². The van der Waals surface area contributed by atoms with Gasteiger partial charge >= 0.3 is 0 Å². The molecule has 0 aliphatic rings. The van der Waals surface area contributed by atoms with Crippen molar-refractivity contribution in [1.29, 1.82) is 0 Å². The lowest BCUT2D eigenvalue weighted by Gasteiger charge is -2.07. The zero-order chi connectivity index (χ0) is 15.6. The summed E-state index contributed by atoms with van der Waals surface area (Å²) in [6.07, 6.45) is 0. The fourth-order valence-corrected chi connectivity index (χ4v) is 3.52. The van der Waals surface area contributed by atoms with E-state index in [9.17, 15) is 0 Å². The van der Waals surface area contributed by atoms with Gasteiger partial charge in [0.1, 0.15) is 16.7 Å². The summed E-state index contributed by atoms with van der Waals surface area (Å²) in [4.78, 5) is 0. The van der Waals surface area contributed by atoms with Crippen molar-refractivity contribution in [3.63, 3.8) is 0 Å². The second kappa shape index (κ2) is 4.53. The monoisotopic (exact) mass is 354 g/mol. The van der Waals surface area contributed by atoms with E-state index < -0.39 is 0 Å². The van der Waals surface area contributed by atoms with Crippen LogP contribution in [0.3, 0.4) is 0 Å². The largest absolute Gasteiger partial charge is 0.292 e.